The molecule has 0 unspecified atom stereocenters. The topological polar surface area (TPSA) is 73.6 Å². The van der Waals surface area contributed by atoms with Crippen LogP contribution in [0.4, 0.5) is 0 Å². The van der Waals surface area contributed by atoms with Crippen LogP contribution in [0.1, 0.15) is 21.7 Å². The van der Waals surface area contributed by atoms with Crippen molar-refractivity contribution in [2.75, 3.05) is 7.11 Å². The summed E-state index contributed by atoms with van der Waals surface area (Å²) in [6, 6.07) is 6.64. The zero-order chi connectivity index (χ0) is 14.7. The van der Waals surface area contributed by atoms with Crippen LogP contribution in [0.2, 0.25) is 0 Å². The first-order valence-corrected chi connectivity index (χ1v) is 6.05. The highest BCUT2D eigenvalue weighted by atomic mass is 16.5. The molecule has 0 bridgehead atoms. The maximum Gasteiger partial charge on any atom is 0.339 e. The van der Waals surface area contributed by atoms with Gasteiger partial charge in [0.15, 0.2) is 11.5 Å². The van der Waals surface area contributed by atoms with Gasteiger partial charge in [-0.1, -0.05) is 6.07 Å². The highest BCUT2D eigenvalue weighted by Crippen LogP contribution is 2.31. The minimum Gasteiger partial charge on any atom is -0.493 e. The monoisotopic (exact) mass is 276 g/mol. The molecule has 1 aromatic heterocycles. The molecule has 6 heteroatoms. The standard InChI is InChI=1S/C14H16N2O4/c1-9-7-10(16(2)15-9)8-20-13-11(14(17)18)5-4-6-12(13)19-3/h4-7H,8H2,1-3H3,(H,17,18). The van der Waals surface area contributed by atoms with Gasteiger partial charge in [0.2, 0.25) is 0 Å². The van der Waals surface area contributed by atoms with Gasteiger partial charge in [0.05, 0.1) is 18.5 Å². The quantitative estimate of drug-likeness (QED) is 0.904. The number of ether oxygens (including phenoxy) is 2. The molecule has 2 rings (SSSR count). The number of methoxy groups -OCH3 is 1. The first-order valence-electron chi connectivity index (χ1n) is 6.05. The molecule has 0 radical (unpaired) electrons. The molecule has 6 nitrogen and oxygen atoms in total. The smallest absolute Gasteiger partial charge is 0.339 e. The van der Waals surface area contributed by atoms with Crippen molar-refractivity contribution in [1.29, 1.82) is 0 Å². The molecule has 0 saturated carbocycles. The summed E-state index contributed by atoms with van der Waals surface area (Å²) in [5, 5.41) is 13.4. The summed E-state index contributed by atoms with van der Waals surface area (Å²) in [7, 11) is 3.29. The van der Waals surface area contributed by atoms with Crippen molar-refractivity contribution >= 4 is 5.97 Å². The molecule has 0 spiro atoms. The molecule has 2 aromatic rings. The van der Waals surface area contributed by atoms with Gasteiger partial charge in [0.1, 0.15) is 12.2 Å². The van der Waals surface area contributed by atoms with Crippen LogP contribution in [0.15, 0.2) is 24.3 Å². The van der Waals surface area contributed by atoms with E-state index in [0.717, 1.165) is 11.4 Å². The molecule has 0 fully saturated rings. The molecule has 0 aliphatic heterocycles. The van der Waals surface area contributed by atoms with Crippen LogP contribution in [0.25, 0.3) is 0 Å². The first-order chi connectivity index (χ1) is 9.52. The van der Waals surface area contributed by atoms with Crippen molar-refractivity contribution in [2.45, 2.75) is 13.5 Å². The number of carboxylic acid groups (broad SMARTS) is 1. The van der Waals surface area contributed by atoms with Crippen LogP contribution in [-0.2, 0) is 13.7 Å². The fourth-order valence-electron chi connectivity index (χ4n) is 1.94. The Morgan fingerprint density at radius 3 is 2.75 bits per heavy atom. The Morgan fingerprint density at radius 2 is 2.20 bits per heavy atom. The van der Waals surface area contributed by atoms with Gasteiger partial charge in [-0.15, -0.1) is 0 Å². The first kappa shape index (κ1) is 13.9. The lowest BCUT2D eigenvalue weighted by atomic mass is 10.2. The van der Waals surface area contributed by atoms with Gasteiger partial charge in [-0.2, -0.15) is 5.10 Å². The van der Waals surface area contributed by atoms with Crippen LogP contribution >= 0.6 is 0 Å². The van der Waals surface area contributed by atoms with Crippen molar-refractivity contribution in [2.24, 2.45) is 7.05 Å². The zero-order valence-electron chi connectivity index (χ0n) is 11.6. The third-order valence-electron chi connectivity index (χ3n) is 2.89. The summed E-state index contributed by atoms with van der Waals surface area (Å²) in [5.41, 5.74) is 1.80. The van der Waals surface area contributed by atoms with Crippen molar-refractivity contribution < 1.29 is 19.4 Å². The number of aryl methyl sites for hydroxylation is 2. The van der Waals surface area contributed by atoms with E-state index in [4.69, 9.17) is 9.47 Å². The molecule has 0 amide bonds. The highest BCUT2D eigenvalue weighted by molar-refractivity contribution is 5.92. The van der Waals surface area contributed by atoms with Crippen molar-refractivity contribution in [3.05, 3.63) is 41.2 Å². The molecule has 1 N–H and O–H groups in total. The predicted molar refractivity (Wildman–Crippen MR) is 72.2 cm³/mol. The van der Waals surface area contributed by atoms with Gasteiger partial charge in [0, 0.05) is 7.05 Å². The second-order valence-electron chi connectivity index (χ2n) is 4.33. The van der Waals surface area contributed by atoms with Gasteiger partial charge >= 0.3 is 5.97 Å². The van der Waals surface area contributed by atoms with Crippen molar-refractivity contribution in [3.8, 4) is 11.5 Å². The number of carboxylic acids is 1. The highest BCUT2D eigenvalue weighted by Gasteiger charge is 2.16. The van der Waals surface area contributed by atoms with E-state index in [0.29, 0.717) is 5.75 Å². The van der Waals surface area contributed by atoms with Crippen LogP contribution in [-0.4, -0.2) is 28.0 Å². The Labute approximate surface area is 116 Å². The Kier molecular flexibility index (Phi) is 3.93. The van der Waals surface area contributed by atoms with Gasteiger partial charge in [-0.25, -0.2) is 4.79 Å². The van der Waals surface area contributed by atoms with Crippen LogP contribution in [0, 0.1) is 6.92 Å². The van der Waals surface area contributed by atoms with E-state index in [-0.39, 0.29) is 17.9 Å². The maximum absolute atomic E-state index is 11.2. The van der Waals surface area contributed by atoms with E-state index in [9.17, 15) is 9.90 Å². The third kappa shape index (κ3) is 2.74. The van der Waals surface area contributed by atoms with E-state index in [1.54, 1.807) is 16.8 Å². The molecule has 0 saturated heterocycles. The molecule has 0 atom stereocenters. The number of rotatable bonds is 5. The van der Waals surface area contributed by atoms with Gasteiger partial charge in [-0.3, -0.25) is 4.68 Å². The lowest BCUT2D eigenvalue weighted by Crippen LogP contribution is -2.07. The Bertz CT molecular complexity index is 634. The number of carbonyl (C=O) groups is 1. The average molecular weight is 276 g/mol. The summed E-state index contributed by atoms with van der Waals surface area (Å²) in [6.45, 7) is 2.10. The summed E-state index contributed by atoms with van der Waals surface area (Å²) in [6.07, 6.45) is 0. The number of aromatic nitrogens is 2. The van der Waals surface area contributed by atoms with Gasteiger partial charge in [0.25, 0.3) is 0 Å². The number of para-hydroxylation sites is 1. The molecule has 0 aliphatic rings. The zero-order valence-corrected chi connectivity index (χ0v) is 11.6. The molecular formula is C14H16N2O4. The van der Waals surface area contributed by atoms with Crippen LogP contribution in [0.3, 0.4) is 0 Å². The van der Waals surface area contributed by atoms with Gasteiger partial charge in [-0.05, 0) is 25.1 Å². The molecule has 20 heavy (non-hydrogen) atoms. The molecule has 1 aromatic carbocycles. The van der Waals surface area contributed by atoms with E-state index in [1.165, 1.54) is 13.2 Å². The fraction of sp³-hybridized carbons (Fsp3) is 0.286. The molecule has 1 heterocycles. The number of nitrogens with zero attached hydrogens (tertiary/aromatic N) is 2. The lowest BCUT2D eigenvalue weighted by Gasteiger charge is -2.13. The molecule has 0 aliphatic carbocycles. The second kappa shape index (κ2) is 5.64. The Balaban J connectivity index is 2.28. The average Bonchev–Trinajstić information content (AvgIpc) is 2.74. The number of aromatic carboxylic acids is 1. The fourth-order valence-corrected chi connectivity index (χ4v) is 1.94. The SMILES string of the molecule is COc1cccc(C(=O)O)c1OCc1cc(C)nn1C. The summed E-state index contributed by atoms with van der Waals surface area (Å²) in [4.78, 5) is 11.2. The summed E-state index contributed by atoms with van der Waals surface area (Å²) >= 11 is 0. The lowest BCUT2D eigenvalue weighted by molar-refractivity contribution is 0.0690. The minimum absolute atomic E-state index is 0.0724. The maximum atomic E-state index is 11.2. The van der Waals surface area contributed by atoms with E-state index >= 15 is 0 Å². The van der Waals surface area contributed by atoms with E-state index in [1.807, 2.05) is 20.0 Å². The van der Waals surface area contributed by atoms with Crippen LogP contribution < -0.4 is 9.47 Å². The van der Waals surface area contributed by atoms with Gasteiger partial charge < -0.3 is 14.6 Å². The predicted octanol–water partition coefficient (Wildman–Crippen LogP) is 2.01. The van der Waals surface area contributed by atoms with E-state index < -0.39 is 5.97 Å². The Morgan fingerprint density at radius 1 is 1.45 bits per heavy atom. The second-order valence-corrected chi connectivity index (χ2v) is 4.33. The third-order valence-corrected chi connectivity index (χ3v) is 2.89. The molecular weight excluding hydrogens is 260 g/mol. The van der Waals surface area contributed by atoms with E-state index in [2.05, 4.69) is 5.10 Å². The Hall–Kier alpha value is -2.50. The minimum atomic E-state index is -1.06. The largest absolute Gasteiger partial charge is 0.493 e. The number of hydrogen-bond acceptors (Lipinski definition) is 4. The van der Waals surface area contributed by atoms with Crippen LogP contribution in [0.5, 0.6) is 11.5 Å². The number of benzene rings is 1. The number of hydrogen-bond donors (Lipinski definition) is 1. The molecule has 106 valence electrons. The summed E-state index contributed by atoms with van der Waals surface area (Å²) < 4.78 is 12.5. The normalized spacial score (nSPS) is 10.3. The summed E-state index contributed by atoms with van der Waals surface area (Å²) in [5.74, 6) is -0.440. The van der Waals surface area contributed by atoms with Crippen molar-refractivity contribution in [3.63, 3.8) is 0 Å². The van der Waals surface area contributed by atoms with Crippen molar-refractivity contribution in [1.82, 2.24) is 9.78 Å².